The van der Waals surface area contributed by atoms with Crippen molar-refractivity contribution >= 4 is 17.5 Å². The number of ketones is 1. The molecule has 0 atom stereocenters. The third kappa shape index (κ3) is 4.66. The maximum atomic E-state index is 11.8. The lowest BCUT2D eigenvalue weighted by Gasteiger charge is -2.27. The Morgan fingerprint density at radius 1 is 1.36 bits per heavy atom. The van der Waals surface area contributed by atoms with Crippen molar-refractivity contribution in [2.75, 3.05) is 17.2 Å². The van der Waals surface area contributed by atoms with Crippen LogP contribution < -0.4 is 10.6 Å². The number of hydrogen-bond acceptors (Lipinski definition) is 6. The Labute approximate surface area is 131 Å². The van der Waals surface area contributed by atoms with Gasteiger partial charge in [0, 0.05) is 18.8 Å². The fourth-order valence-corrected chi connectivity index (χ4v) is 2.63. The van der Waals surface area contributed by atoms with Gasteiger partial charge in [-0.25, -0.2) is 4.98 Å². The number of aromatic nitrogens is 2. The minimum atomic E-state index is -0.193. The Hall–Kier alpha value is -1.69. The van der Waals surface area contributed by atoms with Crippen LogP contribution in [0, 0.1) is 0 Å². The second kappa shape index (κ2) is 8.08. The summed E-state index contributed by atoms with van der Waals surface area (Å²) in [5.41, 5.74) is 0.521. The van der Waals surface area contributed by atoms with Crippen LogP contribution in [0.25, 0.3) is 0 Å². The summed E-state index contributed by atoms with van der Waals surface area (Å²) in [5.74, 6) is 1.11. The number of aliphatic hydroxyl groups excluding tert-OH is 1. The smallest absolute Gasteiger partial charge is 0.224 e. The molecule has 6 heteroatoms. The molecule has 0 radical (unpaired) electrons. The van der Waals surface area contributed by atoms with Crippen molar-refractivity contribution in [3.63, 3.8) is 0 Å². The van der Waals surface area contributed by atoms with E-state index in [2.05, 4.69) is 27.5 Å². The van der Waals surface area contributed by atoms with E-state index in [1.165, 1.54) is 6.92 Å². The van der Waals surface area contributed by atoms with Gasteiger partial charge in [-0.3, -0.25) is 4.79 Å². The Kier molecular flexibility index (Phi) is 6.12. The average Bonchev–Trinajstić information content (AvgIpc) is 2.50. The first-order chi connectivity index (χ1) is 10.6. The van der Waals surface area contributed by atoms with Crippen molar-refractivity contribution in [3.05, 3.63) is 11.8 Å². The van der Waals surface area contributed by atoms with Crippen LogP contribution in [0.4, 0.5) is 11.8 Å². The fraction of sp³-hybridized carbons (Fsp3) is 0.688. The van der Waals surface area contributed by atoms with Gasteiger partial charge >= 0.3 is 0 Å². The van der Waals surface area contributed by atoms with Crippen LogP contribution in [0.1, 0.15) is 62.7 Å². The summed E-state index contributed by atoms with van der Waals surface area (Å²) in [7, 11) is 0. The molecule has 122 valence electrons. The number of anilines is 2. The van der Waals surface area contributed by atoms with Crippen LogP contribution >= 0.6 is 0 Å². The fourth-order valence-electron chi connectivity index (χ4n) is 2.63. The summed E-state index contributed by atoms with van der Waals surface area (Å²) in [6.07, 6.45) is 6.92. The van der Waals surface area contributed by atoms with E-state index in [4.69, 9.17) is 0 Å². The van der Waals surface area contributed by atoms with Crippen LogP contribution in [0.2, 0.25) is 0 Å². The van der Waals surface area contributed by atoms with Gasteiger partial charge in [-0.15, -0.1) is 0 Å². The van der Waals surface area contributed by atoms with Crippen molar-refractivity contribution in [1.29, 1.82) is 0 Å². The molecule has 6 nitrogen and oxygen atoms in total. The minimum Gasteiger partial charge on any atom is -0.393 e. The van der Waals surface area contributed by atoms with E-state index in [-0.39, 0.29) is 17.9 Å². The Balaban J connectivity index is 2.08. The molecule has 0 amide bonds. The summed E-state index contributed by atoms with van der Waals surface area (Å²) < 4.78 is 0. The van der Waals surface area contributed by atoms with Crippen LogP contribution in [0.15, 0.2) is 6.20 Å². The maximum Gasteiger partial charge on any atom is 0.224 e. The number of nitrogens with zero attached hydrogens (tertiary/aromatic N) is 2. The summed E-state index contributed by atoms with van der Waals surface area (Å²) in [4.78, 5) is 20.4. The molecule has 22 heavy (non-hydrogen) atoms. The summed E-state index contributed by atoms with van der Waals surface area (Å²) >= 11 is 0. The number of rotatable bonds is 7. The number of hydrogen-bond donors (Lipinski definition) is 3. The van der Waals surface area contributed by atoms with Crippen LogP contribution in [0.3, 0.4) is 0 Å². The standard InChI is InChI=1S/C16H26N4O2/c1-3-4-9-17-16-18-10-14(11(2)21)15(20-16)19-12-5-7-13(22)8-6-12/h10,12-13,22H,3-9H2,1-2H3,(H2,17,18,19,20). The topological polar surface area (TPSA) is 87.1 Å². The van der Waals surface area contributed by atoms with E-state index in [0.717, 1.165) is 45.1 Å². The number of carbonyl (C=O) groups is 1. The lowest BCUT2D eigenvalue weighted by molar-refractivity contribution is 0.101. The minimum absolute atomic E-state index is 0.0431. The van der Waals surface area contributed by atoms with Gasteiger partial charge < -0.3 is 15.7 Å². The zero-order valence-electron chi connectivity index (χ0n) is 13.4. The van der Waals surface area contributed by atoms with Gasteiger partial charge in [0.25, 0.3) is 0 Å². The third-order valence-corrected chi connectivity index (χ3v) is 4.02. The first-order valence-corrected chi connectivity index (χ1v) is 8.16. The molecular formula is C16H26N4O2. The monoisotopic (exact) mass is 306 g/mol. The maximum absolute atomic E-state index is 11.8. The molecule has 1 aromatic rings. The highest BCUT2D eigenvalue weighted by atomic mass is 16.3. The molecule has 1 aromatic heterocycles. The molecule has 0 aliphatic heterocycles. The van der Waals surface area contributed by atoms with E-state index in [1.807, 2.05) is 0 Å². The van der Waals surface area contributed by atoms with E-state index >= 15 is 0 Å². The summed E-state index contributed by atoms with van der Waals surface area (Å²) in [6.45, 7) is 4.48. The Morgan fingerprint density at radius 2 is 2.09 bits per heavy atom. The van der Waals surface area contributed by atoms with E-state index < -0.39 is 0 Å². The van der Waals surface area contributed by atoms with Gasteiger partial charge in [-0.05, 0) is 39.0 Å². The molecule has 0 bridgehead atoms. The molecule has 1 aliphatic rings. The molecule has 0 spiro atoms. The zero-order chi connectivity index (χ0) is 15.9. The SMILES string of the molecule is CCCCNc1ncc(C(C)=O)c(NC2CCC(O)CC2)n1. The molecule has 1 aliphatic carbocycles. The van der Waals surface area contributed by atoms with Gasteiger partial charge in [0.05, 0.1) is 11.7 Å². The predicted octanol–water partition coefficient (Wildman–Crippen LogP) is 2.61. The largest absolute Gasteiger partial charge is 0.393 e. The zero-order valence-corrected chi connectivity index (χ0v) is 13.4. The van der Waals surface area contributed by atoms with Crippen molar-refractivity contribution < 1.29 is 9.90 Å². The third-order valence-electron chi connectivity index (χ3n) is 4.02. The van der Waals surface area contributed by atoms with Crippen molar-refractivity contribution in [2.45, 2.75) is 64.5 Å². The molecule has 0 unspecified atom stereocenters. The lowest BCUT2D eigenvalue weighted by Crippen LogP contribution is -2.29. The second-order valence-corrected chi connectivity index (χ2v) is 5.94. The second-order valence-electron chi connectivity index (χ2n) is 5.94. The van der Waals surface area contributed by atoms with Gasteiger partial charge in [-0.1, -0.05) is 13.3 Å². The predicted molar refractivity (Wildman–Crippen MR) is 87.3 cm³/mol. The van der Waals surface area contributed by atoms with E-state index in [0.29, 0.717) is 17.3 Å². The van der Waals surface area contributed by atoms with E-state index in [1.54, 1.807) is 6.20 Å². The van der Waals surface area contributed by atoms with Gasteiger partial charge in [-0.2, -0.15) is 4.98 Å². The van der Waals surface area contributed by atoms with Crippen LogP contribution in [0.5, 0.6) is 0 Å². The number of nitrogens with one attached hydrogen (secondary N) is 2. The highest BCUT2D eigenvalue weighted by molar-refractivity contribution is 5.98. The number of carbonyl (C=O) groups excluding carboxylic acids is 1. The van der Waals surface area contributed by atoms with Gasteiger partial charge in [0.1, 0.15) is 5.82 Å². The highest BCUT2D eigenvalue weighted by Gasteiger charge is 2.21. The van der Waals surface area contributed by atoms with Gasteiger partial charge in [0.2, 0.25) is 5.95 Å². The molecule has 3 N–H and O–H groups in total. The first-order valence-electron chi connectivity index (χ1n) is 8.16. The van der Waals surface area contributed by atoms with Crippen molar-refractivity contribution in [1.82, 2.24) is 9.97 Å². The Morgan fingerprint density at radius 3 is 2.73 bits per heavy atom. The molecule has 1 saturated carbocycles. The molecule has 2 rings (SSSR count). The Bertz CT molecular complexity index is 499. The number of Topliss-reactive ketones (excluding diaryl/α,β-unsaturated/α-hetero) is 1. The highest BCUT2D eigenvalue weighted by Crippen LogP contribution is 2.23. The van der Waals surface area contributed by atoms with Crippen molar-refractivity contribution in [3.8, 4) is 0 Å². The van der Waals surface area contributed by atoms with E-state index in [9.17, 15) is 9.90 Å². The van der Waals surface area contributed by atoms with Gasteiger partial charge in [0.15, 0.2) is 5.78 Å². The number of aliphatic hydroxyl groups is 1. The molecule has 1 heterocycles. The quantitative estimate of drug-likeness (QED) is 0.530. The average molecular weight is 306 g/mol. The van der Waals surface area contributed by atoms with Crippen LogP contribution in [-0.4, -0.2) is 39.5 Å². The molecular weight excluding hydrogens is 280 g/mol. The number of unbranched alkanes of at least 4 members (excludes halogenated alkanes) is 1. The molecule has 0 aromatic carbocycles. The van der Waals surface area contributed by atoms with Crippen molar-refractivity contribution in [2.24, 2.45) is 0 Å². The summed E-state index contributed by atoms with van der Waals surface area (Å²) in [6, 6.07) is 0.250. The normalized spacial score (nSPS) is 21.4. The molecule has 1 fully saturated rings. The lowest BCUT2D eigenvalue weighted by atomic mass is 9.93. The van der Waals surface area contributed by atoms with Crippen LogP contribution in [-0.2, 0) is 0 Å². The summed E-state index contributed by atoms with van der Waals surface area (Å²) in [5, 5.41) is 16.1. The molecule has 0 saturated heterocycles. The first kappa shape index (κ1) is 16.7.